The molecule has 0 N–H and O–H groups in total. The van der Waals surface area contributed by atoms with Crippen molar-refractivity contribution in [3.8, 4) is 0 Å². The van der Waals surface area contributed by atoms with Crippen molar-refractivity contribution in [1.29, 1.82) is 0 Å². The normalized spacial score (nSPS) is 8.92. The van der Waals surface area contributed by atoms with Crippen molar-refractivity contribution in [3.05, 3.63) is 23.9 Å². The Labute approximate surface area is 84.0 Å². The lowest BCUT2D eigenvalue weighted by molar-refractivity contribution is 1.04. The number of hydrogen-bond acceptors (Lipinski definition) is 2. The van der Waals surface area contributed by atoms with E-state index in [1.807, 2.05) is 31.1 Å². The maximum atomic E-state index is 5.71. The molecule has 2 nitrogen and oxygen atoms in total. The van der Waals surface area contributed by atoms with Crippen LogP contribution in [0.5, 0.6) is 0 Å². The zero-order valence-electron chi connectivity index (χ0n) is 7.12. The largest absolute Gasteiger partial charge is 0.362 e. The summed E-state index contributed by atoms with van der Waals surface area (Å²) in [4.78, 5) is 6.15. The quantitative estimate of drug-likeness (QED) is 0.691. The molecular weight excluding hydrogens is 195 g/mol. The number of anilines is 1. The van der Waals surface area contributed by atoms with Crippen molar-refractivity contribution in [2.45, 2.75) is 5.88 Å². The molecule has 0 aliphatic heterocycles. The summed E-state index contributed by atoms with van der Waals surface area (Å²) >= 11 is 5.71. The van der Waals surface area contributed by atoms with Gasteiger partial charge in [-0.3, -0.25) is 0 Å². The van der Waals surface area contributed by atoms with Crippen LogP contribution in [0.1, 0.15) is 5.56 Å². The van der Waals surface area contributed by atoms with E-state index in [-0.39, 0.29) is 12.4 Å². The van der Waals surface area contributed by atoms with Gasteiger partial charge in [-0.05, 0) is 6.07 Å². The molecule has 1 aromatic heterocycles. The highest BCUT2D eigenvalue weighted by atomic mass is 35.5. The van der Waals surface area contributed by atoms with Crippen LogP contribution in [0.3, 0.4) is 0 Å². The van der Waals surface area contributed by atoms with E-state index in [0.717, 1.165) is 11.4 Å². The second kappa shape index (κ2) is 5.22. The summed E-state index contributed by atoms with van der Waals surface area (Å²) in [5, 5.41) is 0. The smallest absolute Gasteiger partial charge is 0.132 e. The van der Waals surface area contributed by atoms with Crippen molar-refractivity contribution >= 4 is 29.8 Å². The summed E-state index contributed by atoms with van der Waals surface area (Å²) < 4.78 is 0. The Morgan fingerprint density at radius 2 is 2.17 bits per heavy atom. The molecule has 0 aliphatic carbocycles. The number of hydrogen-bond donors (Lipinski definition) is 0. The number of halogens is 2. The zero-order valence-corrected chi connectivity index (χ0v) is 8.69. The molecule has 0 bridgehead atoms. The van der Waals surface area contributed by atoms with Crippen LogP contribution in [0.2, 0.25) is 0 Å². The standard InChI is InChI=1S/C8H11ClN2.ClH/c1-11(2)8-7(6-9)4-3-5-10-8;/h3-5H,6H2,1-2H3;1H. The third kappa shape index (κ3) is 2.54. The third-order valence-electron chi connectivity index (χ3n) is 1.44. The minimum Gasteiger partial charge on any atom is -0.362 e. The summed E-state index contributed by atoms with van der Waals surface area (Å²) in [6.45, 7) is 0. The fourth-order valence-corrected chi connectivity index (χ4v) is 1.15. The van der Waals surface area contributed by atoms with Gasteiger partial charge in [0.1, 0.15) is 5.82 Å². The zero-order chi connectivity index (χ0) is 8.27. The lowest BCUT2D eigenvalue weighted by atomic mass is 10.3. The van der Waals surface area contributed by atoms with E-state index in [0.29, 0.717) is 5.88 Å². The van der Waals surface area contributed by atoms with Gasteiger partial charge in [-0.15, -0.1) is 24.0 Å². The monoisotopic (exact) mass is 206 g/mol. The van der Waals surface area contributed by atoms with E-state index in [2.05, 4.69) is 4.98 Å². The molecule has 0 fully saturated rings. The summed E-state index contributed by atoms with van der Waals surface area (Å²) in [7, 11) is 3.91. The van der Waals surface area contributed by atoms with Crippen LogP contribution in [-0.2, 0) is 5.88 Å². The Kier molecular flexibility index (Phi) is 5.02. The van der Waals surface area contributed by atoms with Crippen molar-refractivity contribution in [3.63, 3.8) is 0 Å². The Morgan fingerprint density at radius 3 is 2.58 bits per heavy atom. The molecule has 0 saturated heterocycles. The van der Waals surface area contributed by atoms with Crippen molar-refractivity contribution in [1.82, 2.24) is 4.98 Å². The Morgan fingerprint density at radius 1 is 1.50 bits per heavy atom. The number of rotatable bonds is 2. The summed E-state index contributed by atoms with van der Waals surface area (Å²) in [6.07, 6.45) is 1.77. The molecule has 68 valence electrons. The summed E-state index contributed by atoms with van der Waals surface area (Å²) in [5.74, 6) is 1.46. The first kappa shape index (κ1) is 11.5. The molecular formula is C8H12Cl2N2. The summed E-state index contributed by atoms with van der Waals surface area (Å²) in [5.41, 5.74) is 1.07. The van der Waals surface area contributed by atoms with Gasteiger partial charge in [0.05, 0.1) is 5.88 Å². The SMILES string of the molecule is CN(C)c1ncccc1CCl.Cl. The van der Waals surface area contributed by atoms with Gasteiger partial charge in [0.25, 0.3) is 0 Å². The second-order valence-corrected chi connectivity index (χ2v) is 2.78. The molecule has 4 heteroatoms. The number of alkyl halides is 1. The van der Waals surface area contributed by atoms with Gasteiger partial charge >= 0.3 is 0 Å². The van der Waals surface area contributed by atoms with Gasteiger partial charge in [-0.2, -0.15) is 0 Å². The minimum atomic E-state index is 0. The van der Waals surface area contributed by atoms with Gasteiger partial charge < -0.3 is 4.90 Å². The van der Waals surface area contributed by atoms with E-state index in [1.165, 1.54) is 0 Å². The topological polar surface area (TPSA) is 16.1 Å². The highest BCUT2D eigenvalue weighted by Crippen LogP contribution is 2.15. The van der Waals surface area contributed by atoms with Crippen LogP contribution in [0.25, 0.3) is 0 Å². The van der Waals surface area contributed by atoms with Crippen molar-refractivity contribution in [2.24, 2.45) is 0 Å². The fourth-order valence-electron chi connectivity index (χ4n) is 0.937. The highest BCUT2D eigenvalue weighted by Gasteiger charge is 2.01. The molecule has 0 amide bonds. The molecule has 0 aliphatic rings. The van der Waals surface area contributed by atoms with Gasteiger partial charge in [0, 0.05) is 25.9 Å². The molecule has 0 spiro atoms. The predicted octanol–water partition coefficient (Wildman–Crippen LogP) is 2.31. The van der Waals surface area contributed by atoms with Gasteiger partial charge in [-0.1, -0.05) is 6.07 Å². The first-order valence-electron chi connectivity index (χ1n) is 3.43. The highest BCUT2D eigenvalue weighted by molar-refractivity contribution is 6.17. The van der Waals surface area contributed by atoms with E-state index in [1.54, 1.807) is 6.20 Å². The molecule has 12 heavy (non-hydrogen) atoms. The van der Waals surface area contributed by atoms with Crippen LogP contribution in [0.15, 0.2) is 18.3 Å². The molecule has 0 radical (unpaired) electrons. The van der Waals surface area contributed by atoms with Crippen LogP contribution < -0.4 is 4.90 Å². The average Bonchev–Trinajstić information content (AvgIpc) is 2.04. The van der Waals surface area contributed by atoms with Crippen molar-refractivity contribution < 1.29 is 0 Å². The van der Waals surface area contributed by atoms with E-state index < -0.39 is 0 Å². The van der Waals surface area contributed by atoms with Gasteiger partial charge in [0.15, 0.2) is 0 Å². The van der Waals surface area contributed by atoms with E-state index in [4.69, 9.17) is 11.6 Å². The Hall–Kier alpha value is -0.470. The number of pyridine rings is 1. The molecule has 1 rings (SSSR count). The van der Waals surface area contributed by atoms with Crippen LogP contribution >= 0.6 is 24.0 Å². The second-order valence-electron chi connectivity index (χ2n) is 2.51. The average molecular weight is 207 g/mol. The summed E-state index contributed by atoms with van der Waals surface area (Å²) in [6, 6.07) is 3.88. The molecule has 0 saturated carbocycles. The Bertz CT molecular complexity index is 238. The van der Waals surface area contributed by atoms with Gasteiger partial charge in [-0.25, -0.2) is 4.98 Å². The molecule has 0 unspecified atom stereocenters. The fraction of sp³-hybridized carbons (Fsp3) is 0.375. The van der Waals surface area contributed by atoms with Gasteiger partial charge in [0.2, 0.25) is 0 Å². The lowest BCUT2D eigenvalue weighted by Crippen LogP contribution is -2.12. The molecule has 1 aromatic rings. The third-order valence-corrected chi connectivity index (χ3v) is 1.72. The van der Waals surface area contributed by atoms with E-state index >= 15 is 0 Å². The molecule has 0 aromatic carbocycles. The van der Waals surface area contributed by atoms with Crippen LogP contribution in [-0.4, -0.2) is 19.1 Å². The predicted molar refractivity (Wildman–Crippen MR) is 55.4 cm³/mol. The van der Waals surface area contributed by atoms with Crippen molar-refractivity contribution in [2.75, 3.05) is 19.0 Å². The Balaban J connectivity index is 0.00000121. The number of aromatic nitrogens is 1. The first-order chi connectivity index (χ1) is 5.25. The first-order valence-corrected chi connectivity index (χ1v) is 3.96. The molecule has 1 heterocycles. The maximum absolute atomic E-state index is 5.71. The lowest BCUT2D eigenvalue weighted by Gasteiger charge is -2.13. The van der Waals surface area contributed by atoms with E-state index in [9.17, 15) is 0 Å². The maximum Gasteiger partial charge on any atom is 0.132 e. The van der Waals surface area contributed by atoms with Crippen LogP contribution in [0.4, 0.5) is 5.82 Å². The minimum absolute atomic E-state index is 0. The number of nitrogens with zero attached hydrogens (tertiary/aromatic N) is 2. The van der Waals surface area contributed by atoms with Crippen LogP contribution in [0, 0.1) is 0 Å². The molecule has 0 atom stereocenters.